The second-order valence-corrected chi connectivity index (χ2v) is 5.77. The number of nitrogens with two attached hydrogens (primary N) is 1. The summed E-state index contributed by atoms with van der Waals surface area (Å²) in [6, 6.07) is 0. The summed E-state index contributed by atoms with van der Waals surface area (Å²) in [4.78, 5) is 18.8. The number of amidine groups is 1. The lowest BCUT2D eigenvalue weighted by Crippen LogP contribution is -2.33. The molecule has 3 aliphatic heterocycles. The van der Waals surface area contributed by atoms with E-state index in [1.165, 1.54) is 4.57 Å². The van der Waals surface area contributed by atoms with Crippen LogP contribution in [0.5, 0.6) is 0 Å². The second-order valence-electron chi connectivity index (χ2n) is 4.98. The van der Waals surface area contributed by atoms with E-state index in [0.717, 1.165) is 0 Å². The Morgan fingerprint density at radius 1 is 1.45 bits per heavy atom. The number of aromatic nitrogens is 2. The van der Waals surface area contributed by atoms with Gasteiger partial charge in [-0.15, -0.1) is 0 Å². The molecule has 4 rings (SSSR count). The van der Waals surface area contributed by atoms with E-state index >= 15 is 0 Å². The SMILES string of the molecule is NC1=NCNc2c1[nH]c(=O)n2[C@@H]1O[C@H](CO)[C@H]2OS(=O)O[C@H]21. The van der Waals surface area contributed by atoms with Gasteiger partial charge in [0.05, 0.1) is 6.61 Å². The molecule has 1 aromatic heterocycles. The van der Waals surface area contributed by atoms with Crippen molar-refractivity contribution in [1.82, 2.24) is 9.55 Å². The van der Waals surface area contributed by atoms with Crippen LogP contribution in [-0.2, 0) is 24.5 Å². The number of nitrogens with one attached hydrogen (secondary N) is 2. The first kappa shape index (κ1) is 13.9. The third-order valence-corrected chi connectivity index (χ3v) is 4.54. The molecule has 0 aromatic carbocycles. The molecule has 5 N–H and O–H groups in total. The predicted molar refractivity (Wildman–Crippen MR) is 73.2 cm³/mol. The molecule has 3 aliphatic rings. The number of aliphatic hydroxyl groups excluding tert-OH is 1. The molecule has 22 heavy (non-hydrogen) atoms. The van der Waals surface area contributed by atoms with Crippen molar-refractivity contribution in [2.45, 2.75) is 24.5 Å². The molecule has 11 nitrogen and oxygen atoms in total. The first-order valence-corrected chi connectivity index (χ1v) is 7.51. The molecule has 5 atom stereocenters. The maximum absolute atomic E-state index is 12.2. The lowest BCUT2D eigenvalue weighted by Gasteiger charge is -2.20. The molecule has 4 heterocycles. The van der Waals surface area contributed by atoms with E-state index in [9.17, 15) is 14.1 Å². The Balaban J connectivity index is 1.78. The van der Waals surface area contributed by atoms with Crippen molar-refractivity contribution in [3.63, 3.8) is 0 Å². The number of anilines is 1. The maximum atomic E-state index is 12.2. The van der Waals surface area contributed by atoms with Gasteiger partial charge in [0.2, 0.25) is 0 Å². The van der Waals surface area contributed by atoms with E-state index in [2.05, 4.69) is 15.3 Å². The van der Waals surface area contributed by atoms with Crippen molar-refractivity contribution in [2.75, 3.05) is 18.6 Å². The van der Waals surface area contributed by atoms with Gasteiger partial charge in [-0.2, -0.15) is 4.21 Å². The fourth-order valence-corrected chi connectivity index (χ4v) is 3.66. The third kappa shape index (κ3) is 1.85. The highest BCUT2D eigenvalue weighted by molar-refractivity contribution is 7.75. The Labute approximate surface area is 125 Å². The summed E-state index contributed by atoms with van der Waals surface area (Å²) in [5.41, 5.74) is 5.62. The van der Waals surface area contributed by atoms with E-state index in [1.54, 1.807) is 0 Å². The number of aliphatic imine (C=N–C) groups is 1. The summed E-state index contributed by atoms with van der Waals surface area (Å²) in [7, 11) is 0. The Bertz CT molecular complexity index is 728. The van der Waals surface area contributed by atoms with Crippen LogP contribution < -0.4 is 16.7 Å². The molecule has 2 fully saturated rings. The molecule has 0 radical (unpaired) electrons. The average Bonchev–Trinajstić information content (AvgIpc) is 3.11. The number of H-pyrrole nitrogens is 1. The topological polar surface area (TPSA) is 153 Å². The van der Waals surface area contributed by atoms with Crippen molar-refractivity contribution < 1.29 is 22.4 Å². The number of rotatable bonds is 2. The summed E-state index contributed by atoms with van der Waals surface area (Å²) >= 11 is -1.94. The van der Waals surface area contributed by atoms with Gasteiger partial charge in [-0.05, 0) is 0 Å². The van der Waals surface area contributed by atoms with Crippen molar-refractivity contribution in [2.24, 2.45) is 10.7 Å². The Hall–Kier alpha value is -1.73. The number of imidazole rings is 1. The fourth-order valence-electron chi connectivity index (χ4n) is 2.81. The highest BCUT2D eigenvalue weighted by Gasteiger charge is 2.54. The molecular formula is C10H13N5O6S. The molecule has 0 saturated carbocycles. The Morgan fingerprint density at radius 3 is 3.00 bits per heavy atom. The van der Waals surface area contributed by atoms with E-state index in [4.69, 9.17) is 18.8 Å². The first-order valence-electron chi connectivity index (χ1n) is 6.51. The summed E-state index contributed by atoms with van der Waals surface area (Å²) < 4.78 is 28.6. The van der Waals surface area contributed by atoms with Gasteiger partial charge in [-0.25, -0.2) is 14.4 Å². The van der Waals surface area contributed by atoms with Crippen molar-refractivity contribution in [3.05, 3.63) is 16.2 Å². The zero-order valence-corrected chi connectivity index (χ0v) is 11.9. The van der Waals surface area contributed by atoms with Crippen LogP contribution in [0.25, 0.3) is 0 Å². The van der Waals surface area contributed by atoms with Gasteiger partial charge < -0.3 is 25.9 Å². The Kier molecular flexibility index (Phi) is 3.09. The predicted octanol–water partition coefficient (Wildman–Crippen LogP) is -2.48. The number of aliphatic hydroxyl groups is 1. The zero-order valence-electron chi connectivity index (χ0n) is 11.1. The van der Waals surface area contributed by atoms with Gasteiger partial charge in [0.1, 0.15) is 36.2 Å². The minimum atomic E-state index is -1.94. The second kappa shape index (κ2) is 4.89. The van der Waals surface area contributed by atoms with Crippen LogP contribution in [-0.4, -0.2) is 56.3 Å². The van der Waals surface area contributed by atoms with Gasteiger partial charge >= 0.3 is 17.1 Å². The van der Waals surface area contributed by atoms with E-state index < -0.39 is 41.6 Å². The minimum Gasteiger partial charge on any atom is -0.394 e. The normalized spacial score (nSPS) is 36.6. The number of aromatic amines is 1. The number of ether oxygens (including phenoxy) is 1. The number of hydrogen-bond acceptors (Lipinski definition) is 9. The van der Waals surface area contributed by atoms with Crippen LogP contribution in [0.1, 0.15) is 11.9 Å². The zero-order chi connectivity index (χ0) is 15.4. The molecule has 2 saturated heterocycles. The third-order valence-electron chi connectivity index (χ3n) is 3.78. The summed E-state index contributed by atoms with van der Waals surface area (Å²) in [5, 5.41) is 12.3. The van der Waals surface area contributed by atoms with Gasteiger partial charge in [0, 0.05) is 0 Å². The van der Waals surface area contributed by atoms with Gasteiger partial charge in [-0.3, -0.25) is 8.37 Å². The van der Waals surface area contributed by atoms with Crippen molar-refractivity contribution >= 4 is 23.0 Å². The summed E-state index contributed by atoms with van der Waals surface area (Å²) in [5.74, 6) is 0.603. The van der Waals surface area contributed by atoms with E-state index in [0.29, 0.717) is 11.5 Å². The maximum Gasteiger partial charge on any atom is 0.329 e. The van der Waals surface area contributed by atoms with Gasteiger partial charge in [0.15, 0.2) is 12.3 Å². The highest BCUT2D eigenvalue weighted by atomic mass is 32.2. The summed E-state index contributed by atoms with van der Waals surface area (Å²) in [6.07, 6.45) is -3.15. The Morgan fingerprint density at radius 2 is 2.23 bits per heavy atom. The van der Waals surface area contributed by atoms with Crippen LogP contribution in [0, 0.1) is 0 Å². The average molecular weight is 331 g/mol. The highest BCUT2D eigenvalue weighted by Crippen LogP contribution is 2.39. The molecule has 0 aliphatic carbocycles. The molecule has 0 spiro atoms. The molecular weight excluding hydrogens is 318 g/mol. The standard InChI is InChI=1S/C10H13N5O6S/c11-7-4-8(13-2-12-7)15(10(17)14-4)9-6-5(3(1-16)19-9)20-22(18)21-6/h3,5-6,9,13,16H,1-2H2,(H2,11,12)(H,14,17)/t3-,5-,6-,9-,22?/m1/s1. The van der Waals surface area contributed by atoms with Crippen LogP contribution in [0.2, 0.25) is 0 Å². The molecule has 0 amide bonds. The molecule has 12 heteroatoms. The largest absolute Gasteiger partial charge is 0.394 e. The fraction of sp³-hybridized carbons (Fsp3) is 0.600. The molecule has 1 unspecified atom stereocenters. The van der Waals surface area contributed by atoms with Crippen molar-refractivity contribution in [1.29, 1.82) is 0 Å². The van der Waals surface area contributed by atoms with Gasteiger partial charge in [-0.1, -0.05) is 0 Å². The smallest absolute Gasteiger partial charge is 0.329 e. The number of fused-ring (bicyclic) bond motifs is 2. The monoisotopic (exact) mass is 331 g/mol. The molecule has 120 valence electrons. The number of nitrogens with zero attached hydrogens (tertiary/aromatic N) is 2. The molecule has 1 aromatic rings. The number of hydrogen-bond donors (Lipinski definition) is 4. The van der Waals surface area contributed by atoms with Crippen LogP contribution in [0.15, 0.2) is 9.79 Å². The van der Waals surface area contributed by atoms with Crippen molar-refractivity contribution in [3.8, 4) is 0 Å². The molecule has 0 bridgehead atoms. The minimum absolute atomic E-state index is 0.199. The van der Waals surface area contributed by atoms with Crippen LogP contribution in [0.4, 0.5) is 5.82 Å². The van der Waals surface area contributed by atoms with E-state index in [1.807, 2.05) is 0 Å². The van der Waals surface area contributed by atoms with E-state index in [-0.39, 0.29) is 19.1 Å². The summed E-state index contributed by atoms with van der Waals surface area (Å²) in [6.45, 7) is -0.139. The van der Waals surface area contributed by atoms with Crippen LogP contribution in [0.3, 0.4) is 0 Å². The van der Waals surface area contributed by atoms with Crippen LogP contribution >= 0.6 is 0 Å². The quantitative estimate of drug-likeness (QED) is 0.464. The van der Waals surface area contributed by atoms with Gasteiger partial charge in [0.25, 0.3) is 0 Å². The lowest BCUT2D eigenvalue weighted by atomic mass is 10.1. The lowest BCUT2D eigenvalue weighted by molar-refractivity contribution is -0.0545. The first-order chi connectivity index (χ1) is 10.6.